The number of nitrogens with one attached hydrogen (secondary N) is 1. The molecule has 1 amide bonds. The van der Waals surface area contributed by atoms with E-state index in [0.29, 0.717) is 35.7 Å². The number of sulfonamides is 1. The van der Waals surface area contributed by atoms with Crippen molar-refractivity contribution in [1.82, 2.24) is 9.47 Å². The molecule has 1 aliphatic heterocycles. The van der Waals surface area contributed by atoms with Gasteiger partial charge in [0.05, 0.1) is 11.3 Å². The Bertz CT molecular complexity index is 1090. The molecule has 1 fully saturated rings. The Morgan fingerprint density at radius 3 is 2.32 bits per heavy atom. The van der Waals surface area contributed by atoms with Gasteiger partial charge >= 0.3 is 0 Å². The van der Waals surface area contributed by atoms with Crippen LogP contribution < -0.4 is 4.72 Å². The Morgan fingerprint density at radius 2 is 1.61 bits per heavy atom. The molecule has 0 bridgehead atoms. The first kappa shape index (κ1) is 21.9. The minimum absolute atomic E-state index is 0.121. The number of carbonyl (C=O) groups excluding carboxylic acids is 1. The Hall–Kier alpha value is -2.28. The van der Waals surface area contributed by atoms with Crippen LogP contribution in [0.1, 0.15) is 71.4 Å². The molecule has 1 saturated heterocycles. The molecule has 1 aliphatic carbocycles. The Morgan fingerprint density at radius 1 is 0.935 bits per heavy atom. The topological polar surface area (TPSA) is 71.4 Å². The number of anilines is 1. The van der Waals surface area contributed by atoms with E-state index in [4.69, 9.17) is 0 Å². The van der Waals surface area contributed by atoms with Crippen molar-refractivity contribution in [3.8, 4) is 0 Å². The molecule has 2 heterocycles. The first-order chi connectivity index (χ1) is 14.8. The molecule has 0 saturated carbocycles. The number of likely N-dealkylation sites (tertiary alicyclic amines) is 1. The maximum Gasteiger partial charge on any atom is 0.264 e. The van der Waals surface area contributed by atoms with Gasteiger partial charge in [-0.25, -0.2) is 8.42 Å². The summed E-state index contributed by atoms with van der Waals surface area (Å²) in [5.74, 6) is -0.168. The van der Waals surface area contributed by atoms with Crippen LogP contribution in [-0.2, 0) is 29.9 Å². The Kier molecular flexibility index (Phi) is 6.15. The summed E-state index contributed by atoms with van der Waals surface area (Å²) in [6.45, 7) is 4.99. The van der Waals surface area contributed by atoms with Crippen LogP contribution in [0.25, 0.3) is 0 Å². The second-order valence-electron chi connectivity index (χ2n) is 8.90. The predicted molar refractivity (Wildman–Crippen MR) is 123 cm³/mol. The molecule has 2 aliphatic rings. The third-order valence-corrected chi connectivity index (χ3v) is 8.47. The molecule has 1 aromatic heterocycles. The van der Waals surface area contributed by atoms with Gasteiger partial charge in [-0.15, -0.1) is 0 Å². The zero-order valence-electron chi connectivity index (χ0n) is 18.8. The SMILES string of the molecule is Cc1c(C(=O)N2CCCCCC2)c(S(=O)(=O)Nc2cccc3c2CCCC3)c(C)n1C. The fourth-order valence-corrected chi connectivity index (χ4v) is 6.61. The lowest BCUT2D eigenvalue weighted by Gasteiger charge is -2.22. The maximum atomic E-state index is 13.7. The fraction of sp³-hybridized carbons (Fsp3) is 0.542. The van der Waals surface area contributed by atoms with Gasteiger partial charge in [-0.3, -0.25) is 9.52 Å². The lowest BCUT2D eigenvalue weighted by Crippen LogP contribution is -2.33. The van der Waals surface area contributed by atoms with E-state index in [-0.39, 0.29) is 10.8 Å². The van der Waals surface area contributed by atoms with E-state index in [0.717, 1.165) is 56.9 Å². The molecule has 168 valence electrons. The van der Waals surface area contributed by atoms with Crippen molar-refractivity contribution in [2.45, 2.75) is 70.1 Å². The molecule has 0 unspecified atom stereocenters. The summed E-state index contributed by atoms with van der Waals surface area (Å²) >= 11 is 0. The monoisotopic (exact) mass is 443 g/mol. The maximum absolute atomic E-state index is 13.7. The van der Waals surface area contributed by atoms with Gasteiger partial charge in [0.1, 0.15) is 4.90 Å². The zero-order valence-corrected chi connectivity index (χ0v) is 19.6. The van der Waals surface area contributed by atoms with Gasteiger partial charge in [-0.1, -0.05) is 25.0 Å². The molecule has 4 rings (SSSR count). The van der Waals surface area contributed by atoms with Crippen LogP contribution in [0.5, 0.6) is 0 Å². The molecule has 0 atom stereocenters. The van der Waals surface area contributed by atoms with Crippen molar-refractivity contribution < 1.29 is 13.2 Å². The summed E-state index contributed by atoms with van der Waals surface area (Å²) in [6, 6.07) is 5.83. The van der Waals surface area contributed by atoms with Crippen LogP contribution in [0.4, 0.5) is 5.69 Å². The highest BCUT2D eigenvalue weighted by atomic mass is 32.2. The minimum atomic E-state index is -3.92. The van der Waals surface area contributed by atoms with E-state index in [1.807, 2.05) is 35.6 Å². The number of hydrogen-bond donors (Lipinski definition) is 1. The van der Waals surface area contributed by atoms with Crippen LogP contribution in [-0.4, -0.2) is 36.9 Å². The van der Waals surface area contributed by atoms with Gasteiger partial charge < -0.3 is 9.47 Å². The fourth-order valence-electron chi connectivity index (χ4n) is 5.00. The van der Waals surface area contributed by atoms with E-state index in [2.05, 4.69) is 10.8 Å². The quantitative estimate of drug-likeness (QED) is 0.764. The third-order valence-electron chi connectivity index (χ3n) is 6.94. The lowest BCUT2D eigenvalue weighted by atomic mass is 9.91. The number of carbonyl (C=O) groups is 1. The highest BCUT2D eigenvalue weighted by Crippen LogP contribution is 2.33. The summed E-state index contributed by atoms with van der Waals surface area (Å²) in [7, 11) is -2.09. The molecule has 31 heavy (non-hydrogen) atoms. The van der Waals surface area contributed by atoms with Crippen molar-refractivity contribution >= 4 is 21.6 Å². The Labute approximate surface area is 185 Å². The first-order valence-electron chi connectivity index (χ1n) is 11.4. The summed E-state index contributed by atoms with van der Waals surface area (Å²) in [4.78, 5) is 15.5. The van der Waals surface area contributed by atoms with Gasteiger partial charge in [0.2, 0.25) is 0 Å². The summed E-state index contributed by atoms with van der Waals surface area (Å²) in [5, 5.41) is 0. The van der Waals surface area contributed by atoms with Crippen molar-refractivity contribution in [2.24, 2.45) is 7.05 Å². The van der Waals surface area contributed by atoms with Crippen molar-refractivity contribution in [1.29, 1.82) is 0 Å². The normalized spacial score (nSPS) is 17.2. The van der Waals surface area contributed by atoms with Gasteiger partial charge in [-0.2, -0.15) is 0 Å². The van der Waals surface area contributed by atoms with Gasteiger partial charge in [-0.05, 0) is 69.6 Å². The highest BCUT2D eigenvalue weighted by molar-refractivity contribution is 7.92. The second-order valence-corrected chi connectivity index (χ2v) is 10.5. The average molecular weight is 444 g/mol. The molecule has 0 spiro atoms. The van der Waals surface area contributed by atoms with Crippen molar-refractivity contribution in [2.75, 3.05) is 17.8 Å². The predicted octanol–water partition coefficient (Wildman–Crippen LogP) is 4.34. The number of amides is 1. The number of fused-ring (bicyclic) bond motifs is 1. The molecule has 1 N–H and O–H groups in total. The lowest BCUT2D eigenvalue weighted by molar-refractivity contribution is 0.0757. The number of aromatic nitrogens is 1. The van der Waals surface area contributed by atoms with E-state index in [1.165, 1.54) is 5.56 Å². The number of hydrogen-bond acceptors (Lipinski definition) is 3. The summed E-state index contributed by atoms with van der Waals surface area (Å²) in [6.07, 6.45) is 8.21. The molecular weight excluding hydrogens is 410 g/mol. The summed E-state index contributed by atoms with van der Waals surface area (Å²) in [5.41, 5.74) is 4.55. The summed E-state index contributed by atoms with van der Waals surface area (Å²) < 4.78 is 32.0. The smallest absolute Gasteiger partial charge is 0.264 e. The molecule has 1 aromatic carbocycles. The average Bonchev–Trinajstić information content (AvgIpc) is 2.95. The van der Waals surface area contributed by atoms with Gasteiger partial charge in [0, 0.05) is 31.5 Å². The highest BCUT2D eigenvalue weighted by Gasteiger charge is 2.33. The van der Waals surface area contributed by atoms with Crippen LogP contribution >= 0.6 is 0 Å². The minimum Gasteiger partial charge on any atom is -0.350 e. The molecule has 7 heteroatoms. The molecule has 2 aromatic rings. The van der Waals surface area contributed by atoms with Gasteiger partial charge in [0.25, 0.3) is 15.9 Å². The molecular formula is C24H33N3O3S. The van der Waals surface area contributed by atoms with E-state index >= 15 is 0 Å². The second kappa shape index (κ2) is 8.69. The standard InChI is InChI=1S/C24H33N3O3S/c1-17-22(24(28)27-15-8-4-5-9-16-27)23(18(2)26(17)3)31(29,30)25-21-14-10-12-19-11-6-7-13-20(19)21/h10,12,14,25H,4-9,11,13,15-16H2,1-3H3. The van der Waals surface area contributed by atoms with Crippen LogP contribution in [0, 0.1) is 13.8 Å². The first-order valence-corrected chi connectivity index (χ1v) is 12.9. The van der Waals surface area contributed by atoms with E-state index in [9.17, 15) is 13.2 Å². The molecule has 0 radical (unpaired) electrons. The number of benzene rings is 1. The van der Waals surface area contributed by atoms with Gasteiger partial charge in [0.15, 0.2) is 0 Å². The van der Waals surface area contributed by atoms with Crippen LogP contribution in [0.3, 0.4) is 0 Å². The number of aryl methyl sites for hydroxylation is 1. The number of rotatable bonds is 4. The van der Waals surface area contributed by atoms with Crippen LogP contribution in [0.2, 0.25) is 0 Å². The third kappa shape index (κ3) is 4.12. The Balaban J connectivity index is 1.75. The van der Waals surface area contributed by atoms with E-state index in [1.54, 1.807) is 6.92 Å². The van der Waals surface area contributed by atoms with Crippen molar-refractivity contribution in [3.05, 3.63) is 46.3 Å². The van der Waals surface area contributed by atoms with Crippen molar-refractivity contribution in [3.63, 3.8) is 0 Å². The largest absolute Gasteiger partial charge is 0.350 e. The zero-order chi connectivity index (χ0) is 22.2. The molecule has 6 nitrogen and oxygen atoms in total. The van der Waals surface area contributed by atoms with E-state index < -0.39 is 10.0 Å². The van der Waals surface area contributed by atoms with Crippen LogP contribution in [0.15, 0.2) is 23.1 Å². The number of nitrogens with zero attached hydrogens (tertiary/aromatic N) is 2.